The van der Waals surface area contributed by atoms with Crippen LogP contribution in [0.25, 0.3) is 0 Å². The van der Waals surface area contributed by atoms with Crippen molar-refractivity contribution < 1.29 is 147 Å². The fourth-order valence-electron chi connectivity index (χ4n) is 7.48. The molecule has 2 saturated heterocycles. The molecule has 3 amide bonds. The molecule has 0 aliphatic carbocycles. The molecule has 2 fully saturated rings. The summed E-state index contributed by atoms with van der Waals surface area (Å²) in [5, 5.41) is 125. The van der Waals surface area contributed by atoms with E-state index in [1.807, 2.05) is 6.92 Å². The molecular formula is C51H97N3O30. The average molecular weight is 1230 g/mol. The minimum absolute atomic E-state index is 0.0114. The van der Waals surface area contributed by atoms with Gasteiger partial charge >= 0.3 is 0 Å². The van der Waals surface area contributed by atoms with Gasteiger partial charge in [0.1, 0.15) is 61.0 Å². The maximum Gasteiger partial charge on any atom is 0.222 e. The lowest BCUT2D eigenvalue weighted by Gasteiger charge is -2.39. The van der Waals surface area contributed by atoms with Crippen molar-refractivity contribution in [1.82, 2.24) is 16.0 Å². The third-order valence-electron chi connectivity index (χ3n) is 12.3. The Labute approximate surface area is 488 Å². The summed E-state index contributed by atoms with van der Waals surface area (Å²) < 4.78 is 82.3. The second kappa shape index (κ2) is 47.3. The van der Waals surface area contributed by atoms with E-state index in [-0.39, 0.29) is 195 Å². The summed E-state index contributed by atoms with van der Waals surface area (Å²) in [5.41, 5.74) is -0.757. The number of aliphatic hydroxyl groups excluding tert-OH is 12. The van der Waals surface area contributed by atoms with Gasteiger partial charge in [-0.2, -0.15) is 0 Å². The van der Waals surface area contributed by atoms with E-state index in [1.165, 1.54) is 6.92 Å². The van der Waals surface area contributed by atoms with E-state index in [0.29, 0.717) is 0 Å². The van der Waals surface area contributed by atoms with Gasteiger partial charge in [0, 0.05) is 44.3 Å². The van der Waals surface area contributed by atoms with Crippen molar-refractivity contribution in [2.45, 2.75) is 119 Å². The van der Waals surface area contributed by atoms with Crippen LogP contribution in [-0.2, 0) is 85.4 Å². The van der Waals surface area contributed by atoms with E-state index in [9.17, 15) is 75.7 Å². The van der Waals surface area contributed by atoms with Crippen molar-refractivity contribution in [2.75, 3.05) is 185 Å². The summed E-state index contributed by atoms with van der Waals surface area (Å²) in [4.78, 5) is 37.5. The molecule has 2 aliphatic heterocycles. The molecule has 0 bridgehead atoms. The molecule has 84 heavy (non-hydrogen) atoms. The van der Waals surface area contributed by atoms with Gasteiger partial charge in [0.2, 0.25) is 17.7 Å². The van der Waals surface area contributed by atoms with Crippen LogP contribution in [0.15, 0.2) is 0 Å². The summed E-state index contributed by atoms with van der Waals surface area (Å²) in [5.74, 6) is -0.850. The van der Waals surface area contributed by atoms with Crippen molar-refractivity contribution in [1.29, 1.82) is 0 Å². The van der Waals surface area contributed by atoms with Gasteiger partial charge in [-0.3, -0.25) is 14.4 Å². The average Bonchev–Trinajstić information content (AvgIpc) is 3.46. The molecule has 0 aromatic heterocycles. The molecule has 2 aliphatic rings. The fraction of sp³-hybridized carbons (Fsp3) is 0.941. The third-order valence-corrected chi connectivity index (χ3v) is 12.3. The summed E-state index contributed by atoms with van der Waals surface area (Å²) in [6.45, 7) is 4.08. The van der Waals surface area contributed by atoms with Crippen molar-refractivity contribution in [3.05, 3.63) is 0 Å². The maximum absolute atomic E-state index is 12.5. The van der Waals surface area contributed by atoms with E-state index >= 15 is 0 Å². The Morgan fingerprint density at radius 2 is 0.798 bits per heavy atom. The van der Waals surface area contributed by atoms with Crippen LogP contribution in [0.2, 0.25) is 0 Å². The molecule has 496 valence electrons. The molecule has 0 spiro atoms. The fourth-order valence-corrected chi connectivity index (χ4v) is 7.48. The Morgan fingerprint density at radius 1 is 0.452 bits per heavy atom. The van der Waals surface area contributed by atoms with Gasteiger partial charge in [0.25, 0.3) is 0 Å². The lowest BCUT2D eigenvalue weighted by molar-refractivity contribution is -0.302. The van der Waals surface area contributed by atoms with Crippen molar-refractivity contribution in [2.24, 2.45) is 5.41 Å². The summed E-state index contributed by atoms with van der Waals surface area (Å²) in [6.07, 6.45) is -18.5. The number of nitrogens with one attached hydrogen (secondary N) is 3. The molecule has 2 heterocycles. The number of hydrogen-bond acceptors (Lipinski definition) is 30. The molecule has 0 aromatic carbocycles. The van der Waals surface area contributed by atoms with Crippen LogP contribution in [-0.4, -0.2) is 350 Å². The first-order chi connectivity index (χ1) is 40.4. The highest BCUT2D eigenvalue weighted by Gasteiger charge is 2.45. The van der Waals surface area contributed by atoms with E-state index < -0.39 is 118 Å². The van der Waals surface area contributed by atoms with Crippen LogP contribution in [0.1, 0.15) is 33.1 Å². The molecule has 0 radical (unpaired) electrons. The van der Waals surface area contributed by atoms with Crippen molar-refractivity contribution in [3.63, 3.8) is 0 Å². The van der Waals surface area contributed by atoms with Gasteiger partial charge in [-0.25, -0.2) is 0 Å². The van der Waals surface area contributed by atoms with Crippen LogP contribution in [0, 0.1) is 5.41 Å². The number of hydrogen-bond donors (Lipinski definition) is 15. The third kappa shape index (κ3) is 33.6. The zero-order valence-electron chi connectivity index (χ0n) is 48.2. The molecule has 0 saturated carbocycles. The Morgan fingerprint density at radius 3 is 1.13 bits per heavy atom. The standard InChI is InChI=1S/C51H97N3O30/c1-34(59)36(28-56)82-48(35(60)27-55)79-24-21-73-18-15-70-12-6-52-39(61)3-9-76-31-51(2,32-77-10-4-40(62)53-7-13-71-16-19-74-22-25-80-49-46(68)44(66)42(64)37(29-57)83-49)33-78-11-5-41(63)54-8-14-72-17-20-75-23-26-81-50-47(69)45(67)43(65)38(30-58)84-50/h34-38,42-50,55-60,64-69H,3-33H2,1-2H3,(H,52,61)(H,53,62)(H,54,63)/t34?,35-,36?,37?,38?,42?,43?,44?,45?,46?,47?,48?,49?,50?,51?/m1/s1. The first-order valence-electron chi connectivity index (χ1n) is 28.1. The van der Waals surface area contributed by atoms with Gasteiger partial charge in [0.05, 0.1) is 171 Å². The van der Waals surface area contributed by atoms with Crippen molar-refractivity contribution >= 4 is 17.7 Å². The summed E-state index contributed by atoms with van der Waals surface area (Å²) in [7, 11) is 0. The molecule has 13 unspecified atom stereocenters. The largest absolute Gasteiger partial charge is 0.394 e. The van der Waals surface area contributed by atoms with E-state index in [4.69, 9.17) is 71.1 Å². The molecule has 15 N–H and O–H groups in total. The molecular weight excluding hydrogens is 1130 g/mol. The minimum atomic E-state index is -1.55. The quantitative estimate of drug-likeness (QED) is 0.0199. The molecule has 33 heteroatoms. The lowest BCUT2D eigenvalue weighted by atomic mass is 9.94. The second-order valence-corrected chi connectivity index (χ2v) is 19.7. The Kier molecular flexibility index (Phi) is 43.6. The normalized spacial score (nSPS) is 24.9. The van der Waals surface area contributed by atoms with E-state index in [0.717, 1.165) is 0 Å². The topological polar surface area (TPSA) is 469 Å². The predicted octanol–water partition coefficient (Wildman–Crippen LogP) is -8.25. The van der Waals surface area contributed by atoms with Crippen LogP contribution >= 0.6 is 0 Å². The Bertz CT molecular complexity index is 1570. The van der Waals surface area contributed by atoms with Crippen LogP contribution in [0.5, 0.6) is 0 Å². The molecule has 2 rings (SSSR count). The van der Waals surface area contributed by atoms with Gasteiger partial charge in [-0.15, -0.1) is 0 Å². The van der Waals surface area contributed by atoms with E-state index in [1.54, 1.807) is 0 Å². The number of ether oxygens (including phenoxy) is 15. The molecule has 33 nitrogen and oxygen atoms in total. The zero-order chi connectivity index (χ0) is 62.0. The molecule has 0 aromatic rings. The first-order valence-corrected chi connectivity index (χ1v) is 28.1. The summed E-state index contributed by atoms with van der Waals surface area (Å²) >= 11 is 0. The van der Waals surface area contributed by atoms with Gasteiger partial charge in [-0.05, 0) is 6.92 Å². The minimum Gasteiger partial charge on any atom is -0.394 e. The van der Waals surface area contributed by atoms with Gasteiger partial charge < -0.3 is 148 Å². The Hall–Kier alpha value is -2.67. The van der Waals surface area contributed by atoms with Crippen LogP contribution in [0.3, 0.4) is 0 Å². The van der Waals surface area contributed by atoms with Crippen LogP contribution in [0.4, 0.5) is 0 Å². The number of carbonyl (C=O) groups is 3. The van der Waals surface area contributed by atoms with Gasteiger partial charge in [-0.1, -0.05) is 6.92 Å². The SMILES string of the molecule is CC(O)C(CO)OC(OCCOCCOCCNC(=O)CCOCC(C)(COCCC(=O)NCCOCCOCCOC1OC(CO)C(O)C(O)C1O)COCCC(=O)NCCOCCOCCOC1OC(CO)C(O)C(O)C1O)[C@H](O)CO. The Balaban J connectivity index is 1.65. The highest BCUT2D eigenvalue weighted by molar-refractivity contribution is 5.76. The van der Waals surface area contributed by atoms with Gasteiger partial charge in [0.15, 0.2) is 18.9 Å². The number of rotatable bonds is 53. The molecule has 14 atom stereocenters. The summed E-state index contributed by atoms with van der Waals surface area (Å²) in [6, 6.07) is 0. The van der Waals surface area contributed by atoms with Crippen LogP contribution < -0.4 is 16.0 Å². The smallest absolute Gasteiger partial charge is 0.222 e. The second-order valence-electron chi connectivity index (χ2n) is 19.7. The first kappa shape index (κ1) is 77.4. The van der Waals surface area contributed by atoms with Crippen molar-refractivity contribution in [3.8, 4) is 0 Å². The number of carbonyl (C=O) groups excluding carboxylic acids is 3. The highest BCUT2D eigenvalue weighted by atomic mass is 16.7. The maximum atomic E-state index is 12.5. The highest BCUT2D eigenvalue weighted by Crippen LogP contribution is 2.24. The predicted molar refractivity (Wildman–Crippen MR) is 284 cm³/mol. The lowest BCUT2D eigenvalue weighted by Crippen LogP contribution is -2.59. The number of aliphatic hydroxyl groups is 12. The number of amides is 3. The zero-order valence-corrected chi connectivity index (χ0v) is 48.2. The monoisotopic (exact) mass is 1230 g/mol. The van der Waals surface area contributed by atoms with E-state index in [2.05, 4.69) is 16.0 Å².